The predicted molar refractivity (Wildman–Crippen MR) is 66.1 cm³/mol. The molecule has 2 rings (SSSR count). The molecule has 0 atom stereocenters. The van der Waals surface area contributed by atoms with Crippen molar-refractivity contribution < 1.29 is 9.90 Å². The molecule has 0 spiro atoms. The van der Waals surface area contributed by atoms with Crippen LogP contribution < -0.4 is 0 Å². The van der Waals surface area contributed by atoms with E-state index < -0.39 is 0 Å². The lowest BCUT2D eigenvalue weighted by Crippen LogP contribution is -1.93. The second-order valence-corrected chi connectivity index (χ2v) is 3.98. The minimum Gasteiger partial charge on any atom is -0.507 e. The van der Waals surface area contributed by atoms with Crippen LogP contribution in [0.25, 0.3) is 11.1 Å². The average molecular weight is 227 g/mol. The van der Waals surface area contributed by atoms with Gasteiger partial charge in [-0.05, 0) is 43.2 Å². The summed E-state index contributed by atoms with van der Waals surface area (Å²) in [5.41, 5.74) is 3.24. The van der Waals surface area contributed by atoms with Gasteiger partial charge in [-0.15, -0.1) is 0 Å². The van der Waals surface area contributed by atoms with Gasteiger partial charge in [0.1, 0.15) is 5.75 Å². The number of ketones is 1. The van der Waals surface area contributed by atoms with Crippen molar-refractivity contribution in [2.24, 2.45) is 0 Å². The molecule has 17 heavy (non-hydrogen) atoms. The molecule has 0 bridgehead atoms. The Hall–Kier alpha value is -2.16. The van der Waals surface area contributed by atoms with Gasteiger partial charge in [0, 0.05) is 18.0 Å². The summed E-state index contributed by atoms with van der Waals surface area (Å²) in [6, 6.07) is 6.96. The van der Waals surface area contributed by atoms with E-state index in [1.807, 2.05) is 19.1 Å². The number of phenolic OH excluding ortho intramolecular Hbond substituents is 1. The Morgan fingerprint density at radius 2 is 2.06 bits per heavy atom. The molecule has 1 N–H and O–H groups in total. The van der Waals surface area contributed by atoms with Crippen molar-refractivity contribution in [3.8, 4) is 16.9 Å². The number of rotatable bonds is 2. The zero-order chi connectivity index (χ0) is 12.4. The SMILES string of the molecule is CC(=O)c1ccc(-c2cnccc2C)cc1O. The Bertz CT molecular complexity index is 576. The first-order valence-corrected chi connectivity index (χ1v) is 5.34. The highest BCUT2D eigenvalue weighted by molar-refractivity contribution is 5.97. The number of hydrogen-bond acceptors (Lipinski definition) is 3. The van der Waals surface area contributed by atoms with E-state index >= 15 is 0 Å². The summed E-state index contributed by atoms with van der Waals surface area (Å²) < 4.78 is 0. The van der Waals surface area contributed by atoms with E-state index in [1.54, 1.807) is 24.5 Å². The largest absolute Gasteiger partial charge is 0.507 e. The number of benzene rings is 1. The Kier molecular flexibility index (Phi) is 2.91. The van der Waals surface area contributed by atoms with Crippen LogP contribution in [-0.4, -0.2) is 15.9 Å². The van der Waals surface area contributed by atoms with Crippen molar-refractivity contribution in [2.45, 2.75) is 13.8 Å². The predicted octanol–water partition coefficient (Wildman–Crippen LogP) is 2.97. The maximum atomic E-state index is 11.2. The van der Waals surface area contributed by atoms with Gasteiger partial charge in [0.25, 0.3) is 0 Å². The molecular weight excluding hydrogens is 214 g/mol. The van der Waals surface area contributed by atoms with Crippen LogP contribution in [0.1, 0.15) is 22.8 Å². The van der Waals surface area contributed by atoms with E-state index in [0.29, 0.717) is 5.56 Å². The topological polar surface area (TPSA) is 50.2 Å². The molecule has 0 amide bonds. The number of carbonyl (C=O) groups is 1. The van der Waals surface area contributed by atoms with Crippen LogP contribution in [0, 0.1) is 6.92 Å². The van der Waals surface area contributed by atoms with E-state index in [1.165, 1.54) is 6.92 Å². The van der Waals surface area contributed by atoms with Gasteiger partial charge < -0.3 is 5.11 Å². The summed E-state index contributed by atoms with van der Waals surface area (Å²) in [5, 5.41) is 9.77. The maximum Gasteiger partial charge on any atom is 0.163 e. The van der Waals surface area contributed by atoms with Crippen LogP contribution in [0.5, 0.6) is 5.75 Å². The third-order valence-electron chi connectivity index (χ3n) is 2.73. The van der Waals surface area contributed by atoms with Crippen molar-refractivity contribution in [2.75, 3.05) is 0 Å². The molecule has 1 aromatic heterocycles. The van der Waals surface area contributed by atoms with Gasteiger partial charge in [0.2, 0.25) is 0 Å². The summed E-state index contributed by atoms with van der Waals surface area (Å²) in [4.78, 5) is 15.3. The fourth-order valence-electron chi connectivity index (χ4n) is 1.76. The summed E-state index contributed by atoms with van der Waals surface area (Å²) in [5.74, 6) is -0.129. The molecule has 3 heteroatoms. The minimum atomic E-state index is -0.142. The third kappa shape index (κ3) is 2.18. The molecule has 1 aromatic carbocycles. The van der Waals surface area contributed by atoms with E-state index in [-0.39, 0.29) is 11.5 Å². The summed E-state index contributed by atoms with van der Waals surface area (Å²) in [6.07, 6.45) is 3.47. The molecule has 0 fully saturated rings. The number of pyridine rings is 1. The van der Waals surface area contributed by atoms with Crippen molar-refractivity contribution in [1.82, 2.24) is 4.98 Å². The number of hydrogen-bond donors (Lipinski definition) is 1. The Labute approximate surface area is 99.8 Å². The maximum absolute atomic E-state index is 11.2. The van der Waals surface area contributed by atoms with Crippen molar-refractivity contribution in [1.29, 1.82) is 0 Å². The van der Waals surface area contributed by atoms with Crippen molar-refractivity contribution in [3.63, 3.8) is 0 Å². The fourth-order valence-corrected chi connectivity index (χ4v) is 1.76. The lowest BCUT2D eigenvalue weighted by atomic mass is 10.00. The third-order valence-corrected chi connectivity index (χ3v) is 2.73. The highest BCUT2D eigenvalue weighted by Gasteiger charge is 2.09. The molecule has 0 aliphatic heterocycles. The van der Waals surface area contributed by atoms with Gasteiger partial charge in [0.05, 0.1) is 5.56 Å². The monoisotopic (exact) mass is 227 g/mol. The standard InChI is InChI=1S/C14H13NO2/c1-9-5-6-15-8-13(9)11-3-4-12(10(2)16)14(17)7-11/h3-8,17H,1-2H3. The zero-order valence-electron chi connectivity index (χ0n) is 9.77. The lowest BCUT2D eigenvalue weighted by molar-refractivity contribution is 0.101. The molecule has 0 aliphatic carbocycles. The highest BCUT2D eigenvalue weighted by atomic mass is 16.3. The second-order valence-electron chi connectivity index (χ2n) is 3.98. The van der Waals surface area contributed by atoms with Gasteiger partial charge in [-0.1, -0.05) is 6.07 Å². The number of aromatic hydroxyl groups is 1. The Balaban J connectivity index is 2.52. The number of Topliss-reactive ketones (excluding diaryl/α,β-unsaturated/α-hetero) is 1. The van der Waals surface area contributed by atoms with Gasteiger partial charge in [-0.2, -0.15) is 0 Å². The van der Waals surface area contributed by atoms with Crippen molar-refractivity contribution in [3.05, 3.63) is 47.8 Å². The van der Waals surface area contributed by atoms with Crippen LogP contribution in [0.4, 0.5) is 0 Å². The zero-order valence-corrected chi connectivity index (χ0v) is 9.77. The lowest BCUT2D eigenvalue weighted by Gasteiger charge is -2.07. The number of aryl methyl sites for hydroxylation is 1. The van der Waals surface area contributed by atoms with Gasteiger partial charge in [-0.3, -0.25) is 9.78 Å². The molecule has 0 saturated carbocycles. The van der Waals surface area contributed by atoms with Gasteiger partial charge >= 0.3 is 0 Å². The summed E-state index contributed by atoms with van der Waals surface area (Å²) >= 11 is 0. The highest BCUT2D eigenvalue weighted by Crippen LogP contribution is 2.28. The van der Waals surface area contributed by atoms with Crippen LogP contribution >= 0.6 is 0 Å². The first-order chi connectivity index (χ1) is 8.09. The molecule has 0 radical (unpaired) electrons. The molecule has 0 saturated heterocycles. The summed E-state index contributed by atoms with van der Waals surface area (Å²) in [7, 11) is 0. The van der Waals surface area contributed by atoms with Gasteiger partial charge in [-0.25, -0.2) is 0 Å². The fraction of sp³-hybridized carbons (Fsp3) is 0.143. The molecular formula is C14H13NO2. The number of nitrogens with zero attached hydrogens (tertiary/aromatic N) is 1. The first kappa shape index (κ1) is 11.3. The van der Waals surface area contributed by atoms with Crippen molar-refractivity contribution >= 4 is 5.78 Å². The van der Waals surface area contributed by atoms with Crippen LogP contribution in [-0.2, 0) is 0 Å². The first-order valence-electron chi connectivity index (χ1n) is 5.34. The smallest absolute Gasteiger partial charge is 0.163 e. The molecule has 1 heterocycles. The van der Waals surface area contributed by atoms with E-state index in [2.05, 4.69) is 4.98 Å². The van der Waals surface area contributed by atoms with Crippen LogP contribution in [0.2, 0.25) is 0 Å². The average Bonchev–Trinajstić information content (AvgIpc) is 2.29. The van der Waals surface area contributed by atoms with Crippen LogP contribution in [0.15, 0.2) is 36.7 Å². The Morgan fingerprint density at radius 1 is 1.29 bits per heavy atom. The quantitative estimate of drug-likeness (QED) is 0.802. The number of phenols is 1. The minimum absolute atomic E-state index is 0.0123. The number of carbonyl (C=O) groups excluding carboxylic acids is 1. The Morgan fingerprint density at radius 3 is 2.65 bits per heavy atom. The normalized spacial score (nSPS) is 10.2. The molecule has 2 aromatic rings. The van der Waals surface area contributed by atoms with E-state index in [4.69, 9.17) is 0 Å². The molecule has 3 nitrogen and oxygen atoms in total. The van der Waals surface area contributed by atoms with Gasteiger partial charge in [0.15, 0.2) is 5.78 Å². The molecule has 0 unspecified atom stereocenters. The van der Waals surface area contributed by atoms with E-state index in [9.17, 15) is 9.90 Å². The molecule has 0 aliphatic rings. The molecule has 86 valence electrons. The van der Waals surface area contributed by atoms with Crippen LogP contribution in [0.3, 0.4) is 0 Å². The second kappa shape index (κ2) is 4.37. The summed E-state index contributed by atoms with van der Waals surface area (Å²) in [6.45, 7) is 3.41. The number of aromatic nitrogens is 1. The van der Waals surface area contributed by atoms with E-state index in [0.717, 1.165) is 16.7 Å².